The Bertz CT molecular complexity index is 545. The molecule has 0 N–H and O–H groups in total. The van der Waals surface area contributed by atoms with E-state index in [1.165, 1.54) is 44.9 Å². The smallest absolute Gasteiger partial charge is 0.223 e. The second kappa shape index (κ2) is 6.62. The minimum Gasteiger partial charge on any atom is -0.332 e. The van der Waals surface area contributed by atoms with E-state index in [1.807, 2.05) is 6.33 Å². The van der Waals surface area contributed by atoms with Gasteiger partial charge in [0.15, 0.2) is 5.82 Å². The lowest BCUT2D eigenvalue weighted by atomic mass is 9.98. The van der Waals surface area contributed by atoms with Crippen molar-refractivity contribution in [3.05, 3.63) is 12.2 Å². The zero-order valence-electron chi connectivity index (χ0n) is 14.0. The molecule has 1 aliphatic heterocycles. The second-order valence-corrected chi connectivity index (χ2v) is 7.74. The molecule has 0 radical (unpaired) electrons. The molecule has 5 heteroatoms. The summed E-state index contributed by atoms with van der Waals surface area (Å²) in [5, 5.41) is 8.55. The van der Waals surface area contributed by atoms with E-state index in [0.717, 1.165) is 44.1 Å². The van der Waals surface area contributed by atoms with Gasteiger partial charge in [-0.25, -0.2) is 0 Å². The molecular weight excluding hydrogens is 288 g/mol. The minimum absolute atomic E-state index is 0.152. The van der Waals surface area contributed by atoms with Crippen LogP contribution in [0.25, 0.3) is 0 Å². The van der Waals surface area contributed by atoms with Crippen LogP contribution < -0.4 is 0 Å². The minimum atomic E-state index is 0.152. The van der Waals surface area contributed by atoms with Crippen LogP contribution in [-0.2, 0) is 11.3 Å². The molecule has 4 rings (SSSR count). The van der Waals surface area contributed by atoms with Crippen LogP contribution in [0.1, 0.15) is 76.1 Å². The van der Waals surface area contributed by atoms with Gasteiger partial charge in [-0.15, -0.1) is 10.2 Å². The van der Waals surface area contributed by atoms with Crippen LogP contribution in [0, 0.1) is 11.8 Å². The summed E-state index contributed by atoms with van der Waals surface area (Å²) in [5.74, 6) is 2.80. The van der Waals surface area contributed by atoms with Gasteiger partial charge in [-0.3, -0.25) is 4.79 Å². The van der Waals surface area contributed by atoms with Gasteiger partial charge in [0, 0.05) is 19.5 Å². The standard InChI is InChI=1S/C18H28N4O/c23-17(11-14-5-1-2-6-14)22-10-4-3-7-16(22)18-20-19-13-21(18)12-15-8-9-15/h13-16H,1-12H2/t16-/m0/s1. The summed E-state index contributed by atoms with van der Waals surface area (Å²) in [6.45, 7) is 1.93. The van der Waals surface area contributed by atoms with Crippen molar-refractivity contribution in [3.8, 4) is 0 Å². The Morgan fingerprint density at radius 2 is 1.83 bits per heavy atom. The second-order valence-electron chi connectivity index (χ2n) is 7.74. The zero-order valence-corrected chi connectivity index (χ0v) is 14.0. The number of carbonyl (C=O) groups excluding carboxylic acids is 1. The fourth-order valence-electron chi connectivity index (χ4n) is 4.32. The van der Waals surface area contributed by atoms with Crippen molar-refractivity contribution in [1.29, 1.82) is 0 Å². The maximum absolute atomic E-state index is 12.9. The quantitative estimate of drug-likeness (QED) is 0.837. The Hall–Kier alpha value is -1.39. The van der Waals surface area contributed by atoms with Gasteiger partial charge < -0.3 is 9.47 Å². The largest absolute Gasteiger partial charge is 0.332 e. The van der Waals surface area contributed by atoms with Crippen LogP contribution in [0.2, 0.25) is 0 Å². The highest BCUT2D eigenvalue weighted by atomic mass is 16.2. The van der Waals surface area contributed by atoms with Crippen molar-refractivity contribution in [1.82, 2.24) is 19.7 Å². The summed E-state index contributed by atoms with van der Waals surface area (Å²) < 4.78 is 2.21. The van der Waals surface area contributed by atoms with Crippen LogP contribution in [0.15, 0.2) is 6.33 Å². The molecule has 1 saturated heterocycles. The first-order valence-corrected chi connectivity index (χ1v) is 9.48. The lowest BCUT2D eigenvalue weighted by Crippen LogP contribution is -2.40. The van der Waals surface area contributed by atoms with Gasteiger partial charge in [0.05, 0.1) is 6.04 Å². The van der Waals surface area contributed by atoms with E-state index in [0.29, 0.717) is 11.8 Å². The molecule has 2 heterocycles. The summed E-state index contributed by atoms with van der Waals surface area (Å²) in [6.07, 6.45) is 13.7. The van der Waals surface area contributed by atoms with E-state index >= 15 is 0 Å². The predicted octanol–water partition coefficient (Wildman–Crippen LogP) is 3.32. The van der Waals surface area contributed by atoms with E-state index in [4.69, 9.17) is 0 Å². The van der Waals surface area contributed by atoms with Crippen LogP contribution >= 0.6 is 0 Å². The number of piperidine rings is 1. The number of amides is 1. The third kappa shape index (κ3) is 3.43. The normalized spacial score (nSPS) is 25.9. The summed E-state index contributed by atoms with van der Waals surface area (Å²) in [6, 6.07) is 0.152. The third-order valence-corrected chi connectivity index (χ3v) is 5.86. The number of likely N-dealkylation sites (tertiary alicyclic amines) is 1. The molecule has 1 aromatic heterocycles. The lowest BCUT2D eigenvalue weighted by molar-refractivity contribution is -0.136. The van der Waals surface area contributed by atoms with Crippen molar-refractivity contribution in [3.63, 3.8) is 0 Å². The number of carbonyl (C=O) groups is 1. The molecule has 2 saturated carbocycles. The number of nitrogens with zero attached hydrogens (tertiary/aromatic N) is 4. The molecule has 3 aliphatic rings. The van der Waals surface area contributed by atoms with Crippen LogP contribution in [-0.4, -0.2) is 32.1 Å². The van der Waals surface area contributed by atoms with Crippen LogP contribution in [0.4, 0.5) is 0 Å². The van der Waals surface area contributed by atoms with Gasteiger partial charge in [-0.05, 0) is 56.8 Å². The molecular formula is C18H28N4O. The highest BCUT2D eigenvalue weighted by Gasteiger charge is 2.33. The predicted molar refractivity (Wildman–Crippen MR) is 87.6 cm³/mol. The Morgan fingerprint density at radius 1 is 1.04 bits per heavy atom. The highest BCUT2D eigenvalue weighted by molar-refractivity contribution is 5.77. The van der Waals surface area contributed by atoms with Crippen molar-refractivity contribution < 1.29 is 4.79 Å². The maximum Gasteiger partial charge on any atom is 0.223 e. The Kier molecular flexibility index (Phi) is 4.36. The molecule has 126 valence electrons. The van der Waals surface area contributed by atoms with Gasteiger partial charge in [-0.1, -0.05) is 12.8 Å². The Morgan fingerprint density at radius 3 is 2.61 bits per heavy atom. The maximum atomic E-state index is 12.9. The topological polar surface area (TPSA) is 51.0 Å². The highest BCUT2D eigenvalue weighted by Crippen LogP contribution is 2.35. The molecule has 5 nitrogen and oxygen atoms in total. The average Bonchev–Trinajstić information content (AvgIpc) is 3.04. The van der Waals surface area contributed by atoms with Crippen molar-refractivity contribution in [2.45, 2.75) is 76.8 Å². The van der Waals surface area contributed by atoms with Crippen molar-refractivity contribution in [2.75, 3.05) is 6.54 Å². The van der Waals surface area contributed by atoms with Gasteiger partial charge in [-0.2, -0.15) is 0 Å². The SMILES string of the molecule is O=C(CC1CCCC1)N1CCCC[C@H]1c1nncn1CC1CC1. The van der Waals surface area contributed by atoms with E-state index in [-0.39, 0.29) is 6.04 Å². The number of hydrogen-bond acceptors (Lipinski definition) is 3. The Labute approximate surface area is 138 Å². The number of hydrogen-bond donors (Lipinski definition) is 0. The first-order valence-electron chi connectivity index (χ1n) is 9.48. The summed E-state index contributed by atoms with van der Waals surface area (Å²) in [7, 11) is 0. The van der Waals surface area contributed by atoms with Gasteiger partial charge in [0.25, 0.3) is 0 Å². The zero-order chi connectivity index (χ0) is 15.6. The lowest BCUT2D eigenvalue weighted by Gasteiger charge is -2.36. The van der Waals surface area contributed by atoms with Gasteiger partial charge in [0.2, 0.25) is 5.91 Å². The van der Waals surface area contributed by atoms with Crippen molar-refractivity contribution in [2.24, 2.45) is 11.8 Å². The number of aromatic nitrogens is 3. The van der Waals surface area contributed by atoms with Crippen LogP contribution in [0.5, 0.6) is 0 Å². The molecule has 2 aliphatic carbocycles. The van der Waals surface area contributed by atoms with Gasteiger partial charge in [0.1, 0.15) is 6.33 Å². The summed E-state index contributed by atoms with van der Waals surface area (Å²) >= 11 is 0. The molecule has 0 aromatic carbocycles. The van der Waals surface area contributed by atoms with Crippen LogP contribution in [0.3, 0.4) is 0 Å². The summed E-state index contributed by atoms with van der Waals surface area (Å²) in [4.78, 5) is 15.0. The first-order chi connectivity index (χ1) is 11.3. The molecule has 0 spiro atoms. The molecule has 0 bridgehead atoms. The van der Waals surface area contributed by atoms with E-state index < -0.39 is 0 Å². The molecule has 23 heavy (non-hydrogen) atoms. The van der Waals surface area contributed by atoms with E-state index in [9.17, 15) is 4.79 Å². The van der Waals surface area contributed by atoms with Gasteiger partial charge >= 0.3 is 0 Å². The average molecular weight is 316 g/mol. The molecule has 1 atom stereocenters. The third-order valence-electron chi connectivity index (χ3n) is 5.86. The first kappa shape index (κ1) is 15.2. The fraction of sp³-hybridized carbons (Fsp3) is 0.833. The molecule has 3 fully saturated rings. The summed E-state index contributed by atoms with van der Waals surface area (Å²) in [5.41, 5.74) is 0. The molecule has 0 unspecified atom stereocenters. The fourth-order valence-corrected chi connectivity index (χ4v) is 4.32. The molecule has 1 aromatic rings. The Balaban J connectivity index is 1.48. The van der Waals surface area contributed by atoms with E-state index in [2.05, 4.69) is 19.7 Å². The van der Waals surface area contributed by atoms with Crippen molar-refractivity contribution >= 4 is 5.91 Å². The monoisotopic (exact) mass is 316 g/mol. The van der Waals surface area contributed by atoms with E-state index in [1.54, 1.807) is 0 Å². The molecule has 1 amide bonds. The number of rotatable bonds is 5.